The topological polar surface area (TPSA) is 59.1 Å². The lowest BCUT2D eigenvalue weighted by molar-refractivity contribution is -0.201. The molecule has 4 nitrogen and oxygen atoms in total. The number of Topliss-reactive ketones (excluding diaryl/α,β-unsaturated/α-hetero) is 1. The van der Waals surface area contributed by atoms with Crippen LogP contribution in [0.25, 0.3) is 0 Å². The smallest absolute Gasteiger partial charge is 0.334 e. The number of rotatable bonds is 7. The Morgan fingerprint density at radius 1 is 1.06 bits per heavy atom. The minimum absolute atomic E-state index is 0.148. The summed E-state index contributed by atoms with van der Waals surface area (Å²) in [6.07, 6.45) is -14.5. The van der Waals surface area contributed by atoms with E-state index in [1.54, 1.807) is 0 Å². The Morgan fingerprint density at radius 2 is 1.70 bits per heavy atom. The molecule has 1 unspecified atom stereocenters. The van der Waals surface area contributed by atoms with Crippen LogP contribution in [0.2, 0.25) is 0 Å². The molecule has 1 atom stereocenters. The third kappa shape index (κ3) is 5.52. The van der Waals surface area contributed by atoms with Gasteiger partial charge in [0.2, 0.25) is 5.91 Å². The highest BCUT2D eigenvalue weighted by molar-refractivity contribution is 5.96. The molecule has 1 heterocycles. The first-order valence-electron chi connectivity index (χ1n) is 8.78. The summed E-state index contributed by atoms with van der Waals surface area (Å²) in [6, 6.07) is 1.51. The number of ketones is 1. The lowest BCUT2D eigenvalue weighted by Crippen LogP contribution is -2.57. The molecule has 0 saturated carbocycles. The van der Waals surface area contributed by atoms with Gasteiger partial charge in [-0.05, 0) is 30.3 Å². The zero-order chi connectivity index (χ0) is 25.2. The number of aromatic nitrogens is 1. The van der Waals surface area contributed by atoms with Gasteiger partial charge in [-0.2, -0.15) is 26.3 Å². The van der Waals surface area contributed by atoms with E-state index < -0.39 is 70.6 Å². The molecule has 0 bridgehead atoms. The second-order valence-corrected chi connectivity index (χ2v) is 6.67. The SMILES string of the molecule is C=CC(=O)NC(CC(=O)c1ccc(C(F)F)cn1)(c1ccc(C(F)(F)F)cc1F)C(F)(F)F. The van der Waals surface area contributed by atoms with Crippen LogP contribution in [0, 0.1) is 5.82 Å². The zero-order valence-electron chi connectivity index (χ0n) is 16.2. The fraction of sp³-hybridized carbons (Fsp3) is 0.250. The average Bonchev–Trinajstić information content (AvgIpc) is 2.71. The van der Waals surface area contributed by atoms with Crippen LogP contribution in [-0.4, -0.2) is 22.9 Å². The highest BCUT2D eigenvalue weighted by Crippen LogP contribution is 2.44. The molecule has 33 heavy (non-hydrogen) atoms. The van der Waals surface area contributed by atoms with Crippen LogP contribution in [-0.2, 0) is 16.5 Å². The van der Waals surface area contributed by atoms with Crippen molar-refractivity contribution >= 4 is 11.7 Å². The van der Waals surface area contributed by atoms with Gasteiger partial charge in [-0.15, -0.1) is 0 Å². The normalized spacial score (nSPS) is 14.0. The van der Waals surface area contributed by atoms with Crippen LogP contribution in [0.5, 0.6) is 0 Å². The second-order valence-electron chi connectivity index (χ2n) is 6.67. The molecule has 0 spiro atoms. The van der Waals surface area contributed by atoms with E-state index in [2.05, 4.69) is 11.6 Å². The molecule has 0 fully saturated rings. The van der Waals surface area contributed by atoms with Crippen LogP contribution in [0.3, 0.4) is 0 Å². The summed E-state index contributed by atoms with van der Waals surface area (Å²) in [7, 11) is 0. The molecule has 0 radical (unpaired) electrons. The third-order valence-electron chi connectivity index (χ3n) is 4.51. The summed E-state index contributed by atoms with van der Waals surface area (Å²) in [5, 5.41) is 1.39. The predicted octanol–water partition coefficient (Wildman–Crippen LogP) is 5.51. The first kappa shape index (κ1) is 25.9. The van der Waals surface area contributed by atoms with Gasteiger partial charge in [0.05, 0.1) is 5.56 Å². The molecule has 1 amide bonds. The predicted molar refractivity (Wildman–Crippen MR) is 95.6 cm³/mol. The minimum Gasteiger partial charge on any atom is -0.334 e. The van der Waals surface area contributed by atoms with Crippen molar-refractivity contribution in [2.45, 2.75) is 30.7 Å². The van der Waals surface area contributed by atoms with E-state index in [0.717, 1.165) is 6.07 Å². The summed E-state index contributed by atoms with van der Waals surface area (Å²) in [5.41, 5.74) is -8.27. The first-order valence-corrected chi connectivity index (χ1v) is 8.78. The van der Waals surface area contributed by atoms with Gasteiger partial charge in [-0.25, -0.2) is 13.2 Å². The van der Waals surface area contributed by atoms with Gasteiger partial charge in [0.25, 0.3) is 6.43 Å². The number of carbonyl (C=O) groups excluding carboxylic acids is 2. The second kappa shape index (κ2) is 9.24. The molecule has 0 aliphatic heterocycles. The molecule has 2 rings (SSSR count). The molecular formula is C20H13F9N2O2. The molecule has 0 aliphatic carbocycles. The Bertz CT molecular complexity index is 1050. The van der Waals surface area contributed by atoms with E-state index in [9.17, 15) is 49.1 Å². The van der Waals surface area contributed by atoms with E-state index in [1.165, 1.54) is 5.32 Å². The number of amides is 1. The molecule has 178 valence electrons. The molecule has 1 aromatic heterocycles. The highest BCUT2D eigenvalue weighted by atomic mass is 19.4. The van der Waals surface area contributed by atoms with E-state index >= 15 is 0 Å². The maximum atomic E-state index is 14.6. The zero-order valence-corrected chi connectivity index (χ0v) is 16.2. The van der Waals surface area contributed by atoms with Gasteiger partial charge in [0.15, 0.2) is 11.3 Å². The maximum Gasteiger partial charge on any atom is 0.416 e. The van der Waals surface area contributed by atoms with Crippen molar-refractivity contribution < 1.29 is 49.1 Å². The molecule has 2 aromatic rings. The fourth-order valence-corrected chi connectivity index (χ4v) is 2.86. The number of benzene rings is 1. The van der Waals surface area contributed by atoms with E-state index in [-0.39, 0.29) is 18.2 Å². The third-order valence-corrected chi connectivity index (χ3v) is 4.51. The minimum atomic E-state index is -5.61. The lowest BCUT2D eigenvalue weighted by atomic mass is 9.82. The average molecular weight is 484 g/mol. The van der Waals surface area contributed by atoms with Crippen molar-refractivity contribution in [1.82, 2.24) is 10.3 Å². The Kier molecular flexibility index (Phi) is 7.24. The summed E-state index contributed by atoms with van der Waals surface area (Å²) >= 11 is 0. The van der Waals surface area contributed by atoms with Crippen LogP contribution in [0.4, 0.5) is 39.5 Å². The largest absolute Gasteiger partial charge is 0.416 e. The van der Waals surface area contributed by atoms with Gasteiger partial charge in [-0.1, -0.05) is 12.6 Å². The van der Waals surface area contributed by atoms with Gasteiger partial charge in [0.1, 0.15) is 11.5 Å². The van der Waals surface area contributed by atoms with Crippen molar-refractivity contribution in [3.63, 3.8) is 0 Å². The van der Waals surface area contributed by atoms with Gasteiger partial charge in [0, 0.05) is 23.7 Å². The standard InChI is InChI=1S/C20H13F9N2O2/c1-2-16(33)31-18(20(27,28)29,12-5-4-11(7-13(12)21)19(24,25)26)8-15(32)14-6-3-10(9-30-14)17(22)23/h2-7,9,17H,1,8H2,(H,31,33). The molecule has 13 heteroatoms. The summed E-state index contributed by atoms with van der Waals surface area (Å²) in [4.78, 5) is 27.7. The van der Waals surface area contributed by atoms with Gasteiger partial charge in [-0.3, -0.25) is 14.6 Å². The summed E-state index contributed by atoms with van der Waals surface area (Å²) in [6.45, 7) is 2.96. The van der Waals surface area contributed by atoms with Crippen molar-refractivity contribution in [3.05, 3.63) is 77.4 Å². The number of carbonyl (C=O) groups is 2. The Morgan fingerprint density at radius 3 is 2.12 bits per heavy atom. The highest BCUT2D eigenvalue weighted by Gasteiger charge is 2.59. The molecule has 0 aliphatic rings. The van der Waals surface area contributed by atoms with Crippen molar-refractivity contribution in [1.29, 1.82) is 0 Å². The summed E-state index contributed by atoms with van der Waals surface area (Å²) in [5.74, 6) is -4.97. The monoisotopic (exact) mass is 484 g/mol. The van der Waals surface area contributed by atoms with Gasteiger partial charge >= 0.3 is 12.4 Å². The first-order chi connectivity index (χ1) is 15.1. The number of hydrogen-bond donors (Lipinski definition) is 1. The molecular weight excluding hydrogens is 471 g/mol. The number of pyridine rings is 1. The van der Waals surface area contributed by atoms with Crippen LogP contribution >= 0.6 is 0 Å². The number of nitrogens with zero attached hydrogens (tertiary/aromatic N) is 1. The Labute approximate surface area is 180 Å². The van der Waals surface area contributed by atoms with Crippen molar-refractivity contribution in [3.8, 4) is 0 Å². The van der Waals surface area contributed by atoms with Crippen molar-refractivity contribution in [2.75, 3.05) is 0 Å². The molecule has 0 saturated heterocycles. The van der Waals surface area contributed by atoms with E-state index in [0.29, 0.717) is 18.3 Å². The number of hydrogen-bond acceptors (Lipinski definition) is 3. The fourth-order valence-electron chi connectivity index (χ4n) is 2.86. The molecule has 1 aromatic carbocycles. The van der Waals surface area contributed by atoms with Crippen LogP contribution < -0.4 is 5.32 Å². The lowest BCUT2D eigenvalue weighted by Gasteiger charge is -2.36. The number of nitrogens with one attached hydrogen (secondary N) is 1. The van der Waals surface area contributed by atoms with Crippen LogP contribution in [0.1, 0.15) is 40.0 Å². The van der Waals surface area contributed by atoms with Crippen LogP contribution in [0.15, 0.2) is 49.2 Å². The van der Waals surface area contributed by atoms with Crippen molar-refractivity contribution in [2.24, 2.45) is 0 Å². The Balaban J connectivity index is 2.65. The van der Waals surface area contributed by atoms with E-state index in [4.69, 9.17) is 0 Å². The Hall–Kier alpha value is -3.38. The van der Waals surface area contributed by atoms with E-state index in [1.807, 2.05) is 0 Å². The quantitative estimate of drug-likeness (QED) is 0.320. The van der Waals surface area contributed by atoms with Gasteiger partial charge < -0.3 is 5.32 Å². The maximum absolute atomic E-state index is 14.6. The summed E-state index contributed by atoms with van der Waals surface area (Å²) < 4.78 is 121. The number of halogens is 9. The molecule has 1 N–H and O–H groups in total. The number of alkyl halides is 8.